The first-order valence-corrected chi connectivity index (χ1v) is 8.06. The van der Waals surface area contributed by atoms with Gasteiger partial charge in [-0.3, -0.25) is 19.7 Å². The molecule has 122 valence electrons. The van der Waals surface area contributed by atoms with Crippen molar-refractivity contribution >= 4 is 41.1 Å². The Morgan fingerprint density at radius 3 is 2.57 bits per heavy atom. The smallest absolute Gasteiger partial charge is 0.338 e. The first-order valence-electron chi connectivity index (χ1n) is 7.02. The van der Waals surface area contributed by atoms with Gasteiger partial charge in [0, 0.05) is 12.1 Å². The van der Waals surface area contributed by atoms with Crippen molar-refractivity contribution in [1.82, 2.24) is 5.32 Å². The Hall–Kier alpha value is -2.35. The van der Waals surface area contributed by atoms with Gasteiger partial charge in [-0.1, -0.05) is 0 Å². The van der Waals surface area contributed by atoms with E-state index in [2.05, 4.69) is 10.6 Å². The number of carbonyl (C=O) groups excluding carboxylic acids is 4. The zero-order valence-corrected chi connectivity index (χ0v) is 13.3. The molecule has 1 aromatic rings. The Labute approximate surface area is 137 Å². The Bertz CT molecular complexity index is 629. The van der Waals surface area contributed by atoms with Crippen molar-refractivity contribution in [1.29, 1.82) is 0 Å². The van der Waals surface area contributed by atoms with Crippen LogP contribution < -0.4 is 10.6 Å². The summed E-state index contributed by atoms with van der Waals surface area (Å²) >= 11 is 1.12. The van der Waals surface area contributed by atoms with Gasteiger partial charge in [0.05, 0.1) is 23.2 Å². The van der Waals surface area contributed by atoms with Crippen LogP contribution in [0.1, 0.15) is 23.7 Å². The van der Waals surface area contributed by atoms with Crippen LogP contribution in [-0.4, -0.2) is 41.3 Å². The minimum absolute atomic E-state index is 0.0605. The quantitative estimate of drug-likeness (QED) is 0.592. The molecular formula is C15H16N2O5S. The molecule has 8 heteroatoms. The van der Waals surface area contributed by atoms with Gasteiger partial charge in [-0.2, -0.15) is 0 Å². The second kappa shape index (κ2) is 7.77. The number of ether oxygens (including phenoxy) is 1. The normalized spacial score (nSPS) is 16.8. The molecule has 0 aromatic heterocycles. The van der Waals surface area contributed by atoms with Crippen LogP contribution in [0.4, 0.5) is 5.69 Å². The van der Waals surface area contributed by atoms with Crippen LogP contribution in [0.25, 0.3) is 0 Å². The molecule has 0 aliphatic carbocycles. The number of anilines is 1. The number of hydrogen-bond donors (Lipinski definition) is 2. The third kappa shape index (κ3) is 4.82. The lowest BCUT2D eigenvalue weighted by Crippen LogP contribution is -2.24. The monoisotopic (exact) mass is 336 g/mol. The number of hydrogen-bond acceptors (Lipinski definition) is 6. The molecule has 0 spiro atoms. The molecule has 0 saturated carbocycles. The van der Waals surface area contributed by atoms with Crippen LogP contribution in [0.3, 0.4) is 0 Å². The average molecular weight is 336 g/mol. The lowest BCUT2D eigenvalue weighted by atomic mass is 10.2. The fourth-order valence-electron chi connectivity index (χ4n) is 1.94. The number of nitrogens with one attached hydrogen (secondary N) is 2. The standard InChI is InChI=1S/C15H16N2O5S/c1-2-22-15(21)9-3-5-10(6-4-9)16-13(19)8-23-11-7-12(18)17-14(11)20/h3-6,11H,2,7-8H2,1H3,(H,16,19)(H,17,18,20). The summed E-state index contributed by atoms with van der Waals surface area (Å²) in [5.41, 5.74) is 0.941. The molecular weight excluding hydrogens is 320 g/mol. The second-order valence-corrected chi connectivity index (χ2v) is 5.95. The van der Waals surface area contributed by atoms with Gasteiger partial charge in [0.25, 0.3) is 0 Å². The minimum Gasteiger partial charge on any atom is -0.462 e. The molecule has 0 bridgehead atoms. The molecule has 1 atom stereocenters. The molecule has 3 amide bonds. The van der Waals surface area contributed by atoms with E-state index in [4.69, 9.17) is 4.74 Å². The summed E-state index contributed by atoms with van der Waals surface area (Å²) in [5, 5.41) is 4.34. The number of thioether (sulfide) groups is 1. The number of amides is 3. The van der Waals surface area contributed by atoms with Gasteiger partial charge in [-0.25, -0.2) is 4.79 Å². The maximum absolute atomic E-state index is 11.8. The third-order valence-electron chi connectivity index (χ3n) is 3.02. The van der Waals surface area contributed by atoms with E-state index in [0.29, 0.717) is 17.9 Å². The number of esters is 1. The van der Waals surface area contributed by atoms with Crippen LogP contribution in [-0.2, 0) is 19.1 Å². The molecule has 1 aliphatic heterocycles. The van der Waals surface area contributed by atoms with Gasteiger partial charge >= 0.3 is 5.97 Å². The Morgan fingerprint density at radius 2 is 2.00 bits per heavy atom. The van der Waals surface area contributed by atoms with Crippen molar-refractivity contribution < 1.29 is 23.9 Å². The summed E-state index contributed by atoms with van der Waals surface area (Å²) in [6.45, 7) is 2.02. The highest BCUT2D eigenvalue weighted by Crippen LogP contribution is 2.19. The average Bonchev–Trinajstić information content (AvgIpc) is 2.84. The number of imide groups is 1. The zero-order chi connectivity index (χ0) is 16.8. The summed E-state index contributed by atoms with van der Waals surface area (Å²) in [7, 11) is 0. The Kier molecular flexibility index (Phi) is 5.75. The van der Waals surface area contributed by atoms with E-state index in [1.54, 1.807) is 31.2 Å². The van der Waals surface area contributed by atoms with Crippen LogP contribution >= 0.6 is 11.8 Å². The van der Waals surface area contributed by atoms with E-state index >= 15 is 0 Å². The topological polar surface area (TPSA) is 102 Å². The lowest BCUT2D eigenvalue weighted by molar-refractivity contribution is -0.124. The van der Waals surface area contributed by atoms with Gasteiger partial charge in [-0.15, -0.1) is 11.8 Å². The van der Waals surface area contributed by atoms with Gasteiger partial charge in [0.15, 0.2) is 0 Å². The molecule has 7 nitrogen and oxygen atoms in total. The summed E-state index contributed by atoms with van der Waals surface area (Å²) in [6, 6.07) is 6.31. The highest BCUT2D eigenvalue weighted by atomic mass is 32.2. The Balaban J connectivity index is 1.82. The molecule has 1 saturated heterocycles. The van der Waals surface area contributed by atoms with E-state index in [9.17, 15) is 19.2 Å². The van der Waals surface area contributed by atoms with Crippen LogP contribution in [0.5, 0.6) is 0 Å². The fourth-order valence-corrected chi connectivity index (χ4v) is 2.85. The Morgan fingerprint density at radius 1 is 1.30 bits per heavy atom. The molecule has 2 rings (SSSR count). The SMILES string of the molecule is CCOC(=O)c1ccc(NC(=O)CSC2CC(=O)NC2=O)cc1. The van der Waals surface area contributed by atoms with E-state index < -0.39 is 11.2 Å². The molecule has 2 N–H and O–H groups in total. The zero-order valence-electron chi connectivity index (χ0n) is 12.5. The van der Waals surface area contributed by atoms with Crippen molar-refractivity contribution in [2.45, 2.75) is 18.6 Å². The first kappa shape index (κ1) is 17.0. The highest BCUT2D eigenvalue weighted by molar-refractivity contribution is 8.01. The van der Waals surface area contributed by atoms with E-state index in [0.717, 1.165) is 11.8 Å². The molecule has 1 unspecified atom stereocenters. The van der Waals surface area contributed by atoms with Gasteiger partial charge in [0.2, 0.25) is 17.7 Å². The van der Waals surface area contributed by atoms with E-state index in [1.165, 1.54) is 0 Å². The predicted molar refractivity (Wildman–Crippen MR) is 85.0 cm³/mol. The van der Waals surface area contributed by atoms with Crippen molar-refractivity contribution in [3.8, 4) is 0 Å². The summed E-state index contributed by atoms with van der Waals surface area (Å²) in [6.07, 6.45) is 0.102. The summed E-state index contributed by atoms with van der Waals surface area (Å²) < 4.78 is 4.87. The predicted octanol–water partition coefficient (Wildman–Crippen LogP) is 0.950. The van der Waals surface area contributed by atoms with Crippen molar-refractivity contribution in [2.75, 3.05) is 17.7 Å². The molecule has 1 fully saturated rings. The van der Waals surface area contributed by atoms with Crippen molar-refractivity contribution in [3.63, 3.8) is 0 Å². The van der Waals surface area contributed by atoms with E-state index in [-0.39, 0.29) is 29.9 Å². The summed E-state index contributed by atoms with van der Waals surface area (Å²) in [5.74, 6) is -1.32. The summed E-state index contributed by atoms with van der Waals surface area (Å²) in [4.78, 5) is 45.8. The molecule has 1 aliphatic rings. The van der Waals surface area contributed by atoms with Crippen LogP contribution in [0.2, 0.25) is 0 Å². The first-order chi connectivity index (χ1) is 11.0. The van der Waals surface area contributed by atoms with Crippen LogP contribution in [0, 0.1) is 0 Å². The fraction of sp³-hybridized carbons (Fsp3) is 0.333. The largest absolute Gasteiger partial charge is 0.462 e. The second-order valence-electron chi connectivity index (χ2n) is 4.76. The van der Waals surface area contributed by atoms with Crippen LogP contribution in [0.15, 0.2) is 24.3 Å². The van der Waals surface area contributed by atoms with Gasteiger partial charge < -0.3 is 10.1 Å². The minimum atomic E-state index is -0.514. The maximum Gasteiger partial charge on any atom is 0.338 e. The maximum atomic E-state index is 11.8. The molecule has 1 heterocycles. The van der Waals surface area contributed by atoms with Gasteiger partial charge in [0.1, 0.15) is 0 Å². The molecule has 0 radical (unpaired) electrons. The number of rotatable bonds is 6. The molecule has 23 heavy (non-hydrogen) atoms. The van der Waals surface area contributed by atoms with Crippen molar-refractivity contribution in [3.05, 3.63) is 29.8 Å². The number of carbonyl (C=O) groups is 4. The van der Waals surface area contributed by atoms with E-state index in [1.807, 2.05) is 0 Å². The van der Waals surface area contributed by atoms with Gasteiger partial charge in [-0.05, 0) is 31.2 Å². The highest BCUT2D eigenvalue weighted by Gasteiger charge is 2.31. The number of benzene rings is 1. The lowest BCUT2D eigenvalue weighted by Gasteiger charge is -2.08. The van der Waals surface area contributed by atoms with Crippen molar-refractivity contribution in [2.24, 2.45) is 0 Å². The third-order valence-corrected chi connectivity index (χ3v) is 4.23. The molecule has 1 aromatic carbocycles.